The van der Waals surface area contributed by atoms with Gasteiger partial charge in [-0.1, -0.05) is 0 Å². The molecular formula is C21H25FN5O3+. The normalized spacial score (nSPS) is 21.5. The lowest BCUT2D eigenvalue weighted by Gasteiger charge is -2.28. The smallest absolute Gasteiger partial charge is 0.414 e. The number of hydrogen-bond donors (Lipinski definition) is 2. The molecular weight excluding hydrogens is 389 g/mol. The van der Waals surface area contributed by atoms with Crippen molar-refractivity contribution >= 4 is 23.5 Å². The Morgan fingerprint density at radius 2 is 2.07 bits per heavy atom. The highest BCUT2D eigenvalue weighted by Crippen LogP contribution is 2.33. The Hall–Kier alpha value is -3.04. The van der Waals surface area contributed by atoms with Crippen LogP contribution in [0.15, 0.2) is 36.5 Å². The van der Waals surface area contributed by atoms with Crippen molar-refractivity contribution in [3.8, 4) is 11.1 Å². The topological polar surface area (TPSA) is 97.6 Å². The first-order valence-corrected chi connectivity index (χ1v) is 10.0. The molecule has 2 saturated heterocycles. The quantitative estimate of drug-likeness (QED) is 0.698. The highest BCUT2D eigenvalue weighted by Gasteiger charge is 2.46. The molecule has 9 heteroatoms. The number of primary amides is 1. The van der Waals surface area contributed by atoms with E-state index < -0.39 is 17.8 Å². The average Bonchev–Trinajstić information content (AvgIpc) is 3.14. The molecule has 2 amide bonds. The largest absolute Gasteiger partial charge is 0.521 e. The number of ether oxygens (including phenoxy) is 1. The van der Waals surface area contributed by atoms with Crippen LogP contribution in [0, 0.1) is 5.82 Å². The van der Waals surface area contributed by atoms with Gasteiger partial charge in [-0.2, -0.15) is 9.28 Å². The molecule has 2 aromatic rings. The Kier molecular flexibility index (Phi) is 5.65. The number of pyridine rings is 1. The van der Waals surface area contributed by atoms with E-state index in [1.807, 2.05) is 12.1 Å². The van der Waals surface area contributed by atoms with E-state index in [1.54, 1.807) is 18.3 Å². The van der Waals surface area contributed by atoms with Crippen LogP contribution >= 0.6 is 0 Å². The van der Waals surface area contributed by atoms with Crippen LogP contribution in [0.3, 0.4) is 0 Å². The van der Waals surface area contributed by atoms with Crippen LogP contribution < -0.4 is 20.4 Å². The van der Waals surface area contributed by atoms with E-state index in [0.717, 1.165) is 32.0 Å². The zero-order chi connectivity index (χ0) is 21.1. The summed E-state index contributed by atoms with van der Waals surface area (Å²) in [6.07, 6.45) is 1.18. The molecule has 0 saturated carbocycles. The van der Waals surface area contributed by atoms with E-state index in [1.165, 1.54) is 6.07 Å². The van der Waals surface area contributed by atoms with Gasteiger partial charge in [0, 0.05) is 55.6 Å². The Morgan fingerprint density at radius 3 is 2.67 bits per heavy atom. The number of hydrogen-bond acceptors (Lipinski definition) is 6. The van der Waals surface area contributed by atoms with Gasteiger partial charge in [0.25, 0.3) is 0 Å². The van der Waals surface area contributed by atoms with Crippen LogP contribution in [0.25, 0.3) is 11.1 Å². The first-order valence-electron chi connectivity index (χ1n) is 10.0. The van der Waals surface area contributed by atoms with Crippen molar-refractivity contribution < 1.29 is 18.7 Å². The molecule has 4 rings (SSSR count). The number of anilines is 1. The van der Waals surface area contributed by atoms with Crippen molar-refractivity contribution in [3.63, 3.8) is 0 Å². The number of piperazine rings is 1. The number of amides is 2. The Labute approximate surface area is 174 Å². The number of quaternary nitrogens is 1. The number of nitrogens with zero attached hydrogens (tertiary/aromatic N) is 3. The summed E-state index contributed by atoms with van der Waals surface area (Å²) in [5.41, 5.74) is 6.77. The molecule has 0 bridgehead atoms. The third-order valence-corrected chi connectivity index (χ3v) is 5.73. The van der Waals surface area contributed by atoms with Gasteiger partial charge in [-0.25, -0.2) is 9.37 Å². The van der Waals surface area contributed by atoms with Gasteiger partial charge in [0.1, 0.15) is 37.0 Å². The molecule has 8 nitrogen and oxygen atoms in total. The number of carbonyl (C=O) groups is 2. The maximum absolute atomic E-state index is 15.0. The van der Waals surface area contributed by atoms with Crippen LogP contribution in [0.2, 0.25) is 0 Å². The standard InChI is InChI=1S/C21H24FN5O3/c22-18-13-16(27(10-5-19(23)28)11-12-30-21(27)29)2-3-17(18)15-1-4-20(25-14-15)26-8-6-24-7-9-26/h1-4,13-14,24H,5-12H2,(H-,23,28)/p+1. The highest BCUT2D eigenvalue weighted by molar-refractivity contribution is 5.86. The van der Waals surface area contributed by atoms with Gasteiger partial charge in [-0.15, -0.1) is 0 Å². The van der Waals surface area contributed by atoms with E-state index in [4.69, 9.17) is 10.5 Å². The molecule has 30 heavy (non-hydrogen) atoms. The minimum atomic E-state index is -0.514. The molecule has 1 aromatic carbocycles. The maximum Gasteiger partial charge on any atom is 0.521 e. The second-order valence-electron chi connectivity index (χ2n) is 7.55. The van der Waals surface area contributed by atoms with E-state index in [0.29, 0.717) is 23.4 Å². The van der Waals surface area contributed by atoms with Crippen molar-refractivity contribution in [1.29, 1.82) is 0 Å². The van der Waals surface area contributed by atoms with Gasteiger partial charge in [-0.05, 0) is 18.2 Å². The predicted molar refractivity (Wildman–Crippen MR) is 111 cm³/mol. The minimum Gasteiger partial charge on any atom is -0.414 e. The first kappa shape index (κ1) is 20.2. The number of halogens is 1. The van der Waals surface area contributed by atoms with Crippen molar-refractivity contribution in [2.45, 2.75) is 6.42 Å². The van der Waals surface area contributed by atoms with Crippen molar-refractivity contribution in [3.05, 3.63) is 42.3 Å². The molecule has 2 aliphatic heterocycles. The molecule has 3 N–H and O–H groups in total. The Bertz CT molecular complexity index is 946. The minimum absolute atomic E-state index is 0.00979. The molecule has 0 aliphatic carbocycles. The third-order valence-electron chi connectivity index (χ3n) is 5.73. The number of carbonyl (C=O) groups excluding carboxylic acids is 2. The number of nitrogens with one attached hydrogen (secondary N) is 1. The summed E-state index contributed by atoms with van der Waals surface area (Å²) in [6.45, 7) is 4.31. The SMILES string of the molecule is NC(=O)CC[N+]1(c2ccc(-c3ccc(N4CCNCC4)nc3)c(F)c2)CCOC1=O. The summed E-state index contributed by atoms with van der Waals surface area (Å²) in [5.74, 6) is -0.103. The van der Waals surface area contributed by atoms with Gasteiger partial charge < -0.3 is 20.7 Å². The molecule has 3 heterocycles. The maximum atomic E-state index is 15.0. The number of cyclic esters (lactones) is 1. The Balaban J connectivity index is 1.59. The number of nitrogens with two attached hydrogens (primary N) is 1. The lowest BCUT2D eigenvalue weighted by molar-refractivity contribution is -0.118. The van der Waals surface area contributed by atoms with E-state index in [9.17, 15) is 9.59 Å². The fourth-order valence-electron chi connectivity index (χ4n) is 4.00. The lowest BCUT2D eigenvalue weighted by atomic mass is 10.1. The number of rotatable bonds is 6. The first-order chi connectivity index (χ1) is 14.5. The average molecular weight is 414 g/mol. The lowest BCUT2D eigenvalue weighted by Crippen LogP contribution is -2.51. The number of aromatic nitrogens is 1. The van der Waals surface area contributed by atoms with Crippen LogP contribution in [-0.2, 0) is 9.53 Å². The summed E-state index contributed by atoms with van der Waals surface area (Å²) < 4.78 is 19.9. The summed E-state index contributed by atoms with van der Waals surface area (Å²) in [6, 6.07) is 8.43. The van der Waals surface area contributed by atoms with Crippen LogP contribution in [0.4, 0.5) is 20.7 Å². The van der Waals surface area contributed by atoms with Crippen LogP contribution in [-0.4, -0.2) is 62.9 Å². The molecule has 158 valence electrons. The summed E-state index contributed by atoms with van der Waals surface area (Å²) in [7, 11) is 0. The molecule has 2 fully saturated rings. The molecule has 2 aliphatic rings. The van der Waals surface area contributed by atoms with Gasteiger partial charge in [0.15, 0.2) is 0 Å². The van der Waals surface area contributed by atoms with Crippen LogP contribution in [0.1, 0.15) is 6.42 Å². The van der Waals surface area contributed by atoms with Crippen molar-refractivity contribution in [2.24, 2.45) is 5.73 Å². The van der Waals surface area contributed by atoms with Crippen molar-refractivity contribution in [1.82, 2.24) is 14.8 Å². The van der Waals surface area contributed by atoms with E-state index in [2.05, 4.69) is 15.2 Å². The highest BCUT2D eigenvalue weighted by atomic mass is 19.1. The van der Waals surface area contributed by atoms with Gasteiger partial charge in [0.2, 0.25) is 5.91 Å². The fraction of sp³-hybridized carbons (Fsp3) is 0.381. The molecule has 0 radical (unpaired) electrons. The van der Waals surface area contributed by atoms with Gasteiger partial charge >= 0.3 is 6.09 Å². The number of benzene rings is 1. The summed E-state index contributed by atoms with van der Waals surface area (Å²) >= 11 is 0. The summed E-state index contributed by atoms with van der Waals surface area (Å²) in [4.78, 5) is 30.4. The molecule has 1 unspecified atom stereocenters. The van der Waals surface area contributed by atoms with Crippen LogP contribution in [0.5, 0.6) is 0 Å². The zero-order valence-electron chi connectivity index (χ0n) is 16.6. The summed E-state index contributed by atoms with van der Waals surface area (Å²) in [5, 5.41) is 3.30. The Morgan fingerprint density at radius 1 is 1.27 bits per heavy atom. The monoisotopic (exact) mass is 414 g/mol. The fourth-order valence-corrected chi connectivity index (χ4v) is 4.00. The molecule has 1 atom stereocenters. The van der Waals surface area contributed by atoms with E-state index in [-0.39, 0.29) is 24.1 Å². The third kappa shape index (κ3) is 3.86. The second kappa shape index (κ2) is 8.37. The zero-order valence-corrected chi connectivity index (χ0v) is 16.6. The van der Waals surface area contributed by atoms with Gasteiger partial charge in [0.05, 0.1) is 6.42 Å². The second-order valence-corrected chi connectivity index (χ2v) is 7.55. The molecule has 1 aromatic heterocycles. The van der Waals surface area contributed by atoms with E-state index >= 15 is 4.39 Å². The van der Waals surface area contributed by atoms with Crippen molar-refractivity contribution in [2.75, 3.05) is 50.8 Å². The van der Waals surface area contributed by atoms with Gasteiger partial charge in [-0.3, -0.25) is 4.79 Å². The predicted octanol–water partition coefficient (Wildman–Crippen LogP) is 1.63. The molecule has 0 spiro atoms.